The van der Waals surface area contributed by atoms with Crippen LogP contribution in [0.5, 0.6) is 0 Å². The van der Waals surface area contributed by atoms with Crippen LogP contribution < -0.4 is 5.73 Å². The third-order valence-electron chi connectivity index (χ3n) is 4.28. The van der Waals surface area contributed by atoms with Gasteiger partial charge in [0.25, 0.3) is 0 Å². The van der Waals surface area contributed by atoms with E-state index in [1.165, 1.54) is 43.6 Å². The molecule has 3 nitrogen and oxygen atoms in total. The zero-order valence-electron chi connectivity index (χ0n) is 9.86. The summed E-state index contributed by atoms with van der Waals surface area (Å²) in [7, 11) is 0. The quantitative estimate of drug-likeness (QED) is 0.827. The molecule has 1 aliphatic heterocycles. The Morgan fingerprint density at radius 1 is 1.31 bits per heavy atom. The number of nitrogens with two attached hydrogens (primary N) is 1. The van der Waals surface area contributed by atoms with Crippen LogP contribution in [0.1, 0.15) is 49.5 Å². The zero-order valence-corrected chi connectivity index (χ0v) is 9.86. The second-order valence-corrected chi connectivity index (χ2v) is 5.34. The Bertz CT molecular complexity index is 363. The molecule has 1 aromatic rings. The van der Waals surface area contributed by atoms with Crippen LogP contribution in [0.25, 0.3) is 0 Å². The van der Waals surface area contributed by atoms with Crippen LogP contribution in [0.2, 0.25) is 0 Å². The Morgan fingerprint density at radius 3 is 2.88 bits per heavy atom. The molecule has 2 heterocycles. The van der Waals surface area contributed by atoms with E-state index in [2.05, 4.69) is 15.7 Å². The fourth-order valence-electron chi connectivity index (χ4n) is 3.27. The van der Waals surface area contributed by atoms with Crippen molar-refractivity contribution in [1.29, 1.82) is 0 Å². The van der Waals surface area contributed by atoms with Crippen LogP contribution >= 0.6 is 0 Å². The Kier molecular flexibility index (Phi) is 2.72. The van der Waals surface area contributed by atoms with Crippen molar-refractivity contribution in [1.82, 2.24) is 9.55 Å². The van der Waals surface area contributed by atoms with E-state index in [-0.39, 0.29) is 0 Å². The SMILES string of the molecule is NCC1CCn2c(cnc2C2CCCC2)C1. The van der Waals surface area contributed by atoms with Gasteiger partial charge in [0, 0.05) is 24.4 Å². The van der Waals surface area contributed by atoms with Crippen molar-refractivity contribution in [3.05, 3.63) is 17.7 Å². The molecule has 1 aliphatic carbocycles. The molecule has 1 aromatic heterocycles. The summed E-state index contributed by atoms with van der Waals surface area (Å²) in [5.41, 5.74) is 7.18. The summed E-state index contributed by atoms with van der Waals surface area (Å²) in [6.07, 6.45) is 9.93. The van der Waals surface area contributed by atoms with Gasteiger partial charge >= 0.3 is 0 Å². The molecule has 1 atom stereocenters. The smallest absolute Gasteiger partial charge is 0.111 e. The van der Waals surface area contributed by atoms with Crippen LogP contribution in [0.3, 0.4) is 0 Å². The van der Waals surface area contributed by atoms with E-state index in [1.54, 1.807) is 0 Å². The normalized spacial score (nSPS) is 25.9. The molecule has 0 bridgehead atoms. The largest absolute Gasteiger partial charge is 0.332 e. The van der Waals surface area contributed by atoms with Crippen molar-refractivity contribution in [2.75, 3.05) is 6.54 Å². The first-order valence-corrected chi connectivity index (χ1v) is 6.63. The van der Waals surface area contributed by atoms with Crippen LogP contribution in [0.15, 0.2) is 6.20 Å². The van der Waals surface area contributed by atoms with E-state index in [4.69, 9.17) is 5.73 Å². The first-order chi connectivity index (χ1) is 7.88. The second kappa shape index (κ2) is 4.21. The van der Waals surface area contributed by atoms with E-state index in [9.17, 15) is 0 Å². The van der Waals surface area contributed by atoms with Crippen molar-refractivity contribution in [2.45, 2.75) is 51.0 Å². The van der Waals surface area contributed by atoms with E-state index in [0.717, 1.165) is 25.4 Å². The molecule has 88 valence electrons. The maximum atomic E-state index is 5.76. The number of aromatic nitrogens is 2. The molecule has 1 fully saturated rings. The van der Waals surface area contributed by atoms with Crippen molar-refractivity contribution in [2.24, 2.45) is 11.7 Å². The Hall–Kier alpha value is -0.830. The summed E-state index contributed by atoms with van der Waals surface area (Å²) < 4.78 is 2.47. The van der Waals surface area contributed by atoms with Gasteiger partial charge in [0.1, 0.15) is 5.82 Å². The molecule has 3 rings (SSSR count). The van der Waals surface area contributed by atoms with Crippen LogP contribution in [-0.2, 0) is 13.0 Å². The van der Waals surface area contributed by atoms with Gasteiger partial charge in [-0.15, -0.1) is 0 Å². The number of fused-ring (bicyclic) bond motifs is 1. The third-order valence-corrected chi connectivity index (χ3v) is 4.28. The fraction of sp³-hybridized carbons (Fsp3) is 0.769. The number of imidazole rings is 1. The lowest BCUT2D eigenvalue weighted by Crippen LogP contribution is -2.26. The molecule has 0 saturated heterocycles. The number of hydrogen-bond donors (Lipinski definition) is 1. The van der Waals surface area contributed by atoms with Crippen LogP contribution in [0, 0.1) is 5.92 Å². The first-order valence-electron chi connectivity index (χ1n) is 6.63. The Balaban J connectivity index is 1.84. The van der Waals surface area contributed by atoms with Crippen molar-refractivity contribution >= 4 is 0 Å². The van der Waals surface area contributed by atoms with Gasteiger partial charge in [0.2, 0.25) is 0 Å². The third kappa shape index (κ3) is 1.67. The van der Waals surface area contributed by atoms with Crippen molar-refractivity contribution < 1.29 is 0 Å². The minimum atomic E-state index is 0.681. The zero-order chi connectivity index (χ0) is 11.0. The minimum absolute atomic E-state index is 0.681. The van der Waals surface area contributed by atoms with E-state index < -0.39 is 0 Å². The standard InChI is InChI=1S/C13H21N3/c14-8-10-5-6-16-12(7-10)9-15-13(16)11-3-1-2-4-11/h9-11H,1-8,14H2. The number of hydrogen-bond acceptors (Lipinski definition) is 2. The topological polar surface area (TPSA) is 43.8 Å². The molecule has 1 unspecified atom stereocenters. The highest BCUT2D eigenvalue weighted by Gasteiger charge is 2.26. The highest BCUT2D eigenvalue weighted by atomic mass is 15.1. The molecule has 2 N–H and O–H groups in total. The maximum absolute atomic E-state index is 5.76. The summed E-state index contributed by atoms with van der Waals surface area (Å²) in [6.45, 7) is 1.97. The Morgan fingerprint density at radius 2 is 2.12 bits per heavy atom. The fourth-order valence-corrected chi connectivity index (χ4v) is 3.27. The van der Waals surface area contributed by atoms with Gasteiger partial charge in [-0.1, -0.05) is 12.8 Å². The minimum Gasteiger partial charge on any atom is -0.332 e. The van der Waals surface area contributed by atoms with Crippen molar-refractivity contribution in [3.8, 4) is 0 Å². The van der Waals surface area contributed by atoms with Crippen LogP contribution in [-0.4, -0.2) is 16.1 Å². The average molecular weight is 219 g/mol. The van der Waals surface area contributed by atoms with Gasteiger partial charge in [0.05, 0.1) is 0 Å². The molecule has 2 aliphatic rings. The predicted octanol–water partition coefficient (Wildman–Crippen LogP) is 2.06. The maximum Gasteiger partial charge on any atom is 0.111 e. The molecule has 0 amide bonds. The molecule has 0 spiro atoms. The highest BCUT2D eigenvalue weighted by molar-refractivity contribution is 5.13. The summed E-state index contributed by atoms with van der Waals surface area (Å²) in [5, 5.41) is 0. The van der Waals surface area contributed by atoms with E-state index in [0.29, 0.717) is 5.92 Å². The van der Waals surface area contributed by atoms with E-state index in [1.807, 2.05) is 0 Å². The van der Waals surface area contributed by atoms with Gasteiger partial charge in [-0.25, -0.2) is 4.98 Å². The number of nitrogens with zero attached hydrogens (tertiary/aromatic N) is 2. The monoisotopic (exact) mass is 219 g/mol. The van der Waals surface area contributed by atoms with Gasteiger partial charge in [-0.05, 0) is 38.1 Å². The molecular formula is C13H21N3. The molecule has 3 heteroatoms. The summed E-state index contributed by atoms with van der Waals surface area (Å²) in [5.74, 6) is 2.78. The van der Waals surface area contributed by atoms with Crippen molar-refractivity contribution in [3.63, 3.8) is 0 Å². The second-order valence-electron chi connectivity index (χ2n) is 5.34. The molecule has 0 aromatic carbocycles. The van der Waals surface area contributed by atoms with Gasteiger partial charge in [0.15, 0.2) is 0 Å². The Labute approximate surface area is 97.0 Å². The van der Waals surface area contributed by atoms with Gasteiger partial charge in [-0.3, -0.25) is 0 Å². The van der Waals surface area contributed by atoms with Gasteiger partial charge in [-0.2, -0.15) is 0 Å². The lowest BCUT2D eigenvalue weighted by molar-refractivity contribution is 0.384. The van der Waals surface area contributed by atoms with E-state index >= 15 is 0 Å². The number of rotatable bonds is 2. The summed E-state index contributed by atoms with van der Waals surface area (Å²) in [4.78, 5) is 4.67. The molecule has 0 radical (unpaired) electrons. The van der Waals surface area contributed by atoms with Gasteiger partial charge < -0.3 is 10.3 Å². The lowest BCUT2D eigenvalue weighted by Gasteiger charge is -2.25. The predicted molar refractivity (Wildman–Crippen MR) is 64.3 cm³/mol. The molecule has 16 heavy (non-hydrogen) atoms. The molecule has 1 saturated carbocycles. The lowest BCUT2D eigenvalue weighted by atomic mass is 9.96. The molecular weight excluding hydrogens is 198 g/mol. The average Bonchev–Trinajstić information content (AvgIpc) is 2.96. The van der Waals surface area contributed by atoms with Crippen LogP contribution in [0.4, 0.5) is 0 Å². The summed E-state index contributed by atoms with van der Waals surface area (Å²) in [6, 6.07) is 0. The summed E-state index contributed by atoms with van der Waals surface area (Å²) >= 11 is 0. The first kappa shape index (κ1) is 10.3. The highest BCUT2D eigenvalue weighted by Crippen LogP contribution is 2.35.